The maximum atomic E-state index is 13.2. The van der Waals surface area contributed by atoms with Crippen LogP contribution in [0.4, 0.5) is 4.79 Å². The van der Waals surface area contributed by atoms with E-state index in [2.05, 4.69) is 36.5 Å². The second-order valence-electron chi connectivity index (χ2n) is 10.3. The molecule has 4 amide bonds. The number of aromatic nitrogens is 2. The number of rotatable bonds is 8. The summed E-state index contributed by atoms with van der Waals surface area (Å²) >= 11 is 0. The highest BCUT2D eigenvalue weighted by molar-refractivity contribution is 6.09. The maximum absolute atomic E-state index is 13.2. The van der Waals surface area contributed by atoms with Crippen molar-refractivity contribution in [3.63, 3.8) is 0 Å². The van der Waals surface area contributed by atoms with Crippen LogP contribution < -0.4 is 10.6 Å². The fourth-order valence-electron chi connectivity index (χ4n) is 5.16. The number of benzene rings is 1. The van der Waals surface area contributed by atoms with Gasteiger partial charge in [-0.3, -0.25) is 19.2 Å². The molecule has 1 aromatic carbocycles. The van der Waals surface area contributed by atoms with Crippen LogP contribution in [0.3, 0.4) is 0 Å². The lowest BCUT2D eigenvalue weighted by Crippen LogP contribution is -2.51. The molecule has 1 aliphatic heterocycles. The first-order valence-corrected chi connectivity index (χ1v) is 12.2. The van der Waals surface area contributed by atoms with Crippen LogP contribution in [-0.4, -0.2) is 44.6 Å². The van der Waals surface area contributed by atoms with Gasteiger partial charge in [0.2, 0.25) is 5.91 Å². The Morgan fingerprint density at radius 1 is 1.21 bits per heavy atom. The van der Waals surface area contributed by atoms with Gasteiger partial charge in [0, 0.05) is 18.9 Å². The Morgan fingerprint density at radius 3 is 2.62 bits per heavy atom. The third-order valence-electron chi connectivity index (χ3n) is 7.79. The Balaban J connectivity index is 1.31. The predicted molar refractivity (Wildman–Crippen MR) is 129 cm³/mol. The van der Waals surface area contributed by atoms with E-state index in [1.807, 2.05) is 41.2 Å². The van der Waals surface area contributed by atoms with Crippen molar-refractivity contribution in [3.8, 4) is 0 Å². The van der Waals surface area contributed by atoms with E-state index in [1.165, 1.54) is 0 Å². The molecule has 2 heterocycles. The second kappa shape index (κ2) is 9.60. The summed E-state index contributed by atoms with van der Waals surface area (Å²) in [5.41, 5.74) is 1.40. The van der Waals surface area contributed by atoms with Gasteiger partial charge in [-0.05, 0) is 54.2 Å². The molecule has 1 spiro atoms. The van der Waals surface area contributed by atoms with Gasteiger partial charge in [0.1, 0.15) is 12.1 Å². The van der Waals surface area contributed by atoms with Crippen LogP contribution in [0.25, 0.3) is 0 Å². The van der Waals surface area contributed by atoms with Gasteiger partial charge in [0.25, 0.3) is 5.91 Å². The van der Waals surface area contributed by atoms with Crippen LogP contribution in [0.2, 0.25) is 0 Å². The van der Waals surface area contributed by atoms with Crippen LogP contribution in [0.1, 0.15) is 64.0 Å². The van der Waals surface area contributed by atoms with E-state index in [-0.39, 0.29) is 23.8 Å². The molecule has 182 valence electrons. The largest absolute Gasteiger partial charge is 0.350 e. The summed E-state index contributed by atoms with van der Waals surface area (Å²) in [6, 6.07) is 9.32. The number of carbonyl (C=O) groups is 3. The molecule has 2 aromatic rings. The monoisotopic (exact) mass is 465 g/mol. The smallest absolute Gasteiger partial charge is 0.325 e. The molecule has 8 heteroatoms. The number of carbonyl (C=O) groups excluding carboxylic acids is 3. The van der Waals surface area contributed by atoms with Crippen molar-refractivity contribution in [2.75, 3.05) is 6.54 Å². The van der Waals surface area contributed by atoms with E-state index < -0.39 is 11.6 Å². The van der Waals surface area contributed by atoms with Gasteiger partial charge in [0.15, 0.2) is 0 Å². The van der Waals surface area contributed by atoms with Crippen molar-refractivity contribution >= 4 is 17.8 Å². The van der Waals surface area contributed by atoms with Crippen LogP contribution in [0.15, 0.2) is 42.7 Å². The minimum Gasteiger partial charge on any atom is -0.350 e. The van der Waals surface area contributed by atoms with Gasteiger partial charge < -0.3 is 10.6 Å². The lowest BCUT2D eigenvalue weighted by molar-refractivity contribution is -0.136. The molecule has 4 rings (SSSR count). The number of amides is 4. The Labute approximate surface area is 201 Å². The Bertz CT molecular complexity index is 1040. The summed E-state index contributed by atoms with van der Waals surface area (Å²) < 4.78 is 1.84. The second-order valence-corrected chi connectivity index (χ2v) is 10.3. The molecule has 34 heavy (non-hydrogen) atoms. The zero-order valence-electron chi connectivity index (χ0n) is 20.3. The quantitative estimate of drug-likeness (QED) is 0.584. The number of hydrogen-bond acceptors (Lipinski definition) is 4. The lowest BCUT2D eigenvalue weighted by atomic mass is 9.65. The van der Waals surface area contributed by atoms with Crippen molar-refractivity contribution in [3.05, 3.63) is 53.9 Å². The van der Waals surface area contributed by atoms with Gasteiger partial charge in [-0.25, -0.2) is 4.79 Å². The van der Waals surface area contributed by atoms with Gasteiger partial charge in [-0.2, -0.15) is 5.10 Å². The van der Waals surface area contributed by atoms with Crippen molar-refractivity contribution in [2.24, 2.45) is 11.3 Å². The van der Waals surface area contributed by atoms with Crippen molar-refractivity contribution in [1.82, 2.24) is 25.3 Å². The number of nitrogens with zero attached hydrogens (tertiary/aromatic N) is 3. The Morgan fingerprint density at radius 2 is 1.94 bits per heavy atom. The zero-order chi connectivity index (χ0) is 24.3. The SMILES string of the molecule is CCC(C)(C)C1CCC2(CC1)NC(=O)N(CC(=O)NCc1cccc(Cn3cccn3)c1)C2=O. The molecular formula is C26H35N5O3. The van der Waals surface area contributed by atoms with Gasteiger partial charge in [-0.1, -0.05) is 51.5 Å². The average molecular weight is 466 g/mol. The minimum absolute atomic E-state index is 0.225. The van der Waals surface area contributed by atoms with E-state index in [4.69, 9.17) is 0 Å². The highest BCUT2D eigenvalue weighted by atomic mass is 16.2. The molecule has 0 atom stereocenters. The fraction of sp³-hybridized carbons (Fsp3) is 0.538. The first kappa shape index (κ1) is 24.0. The third-order valence-corrected chi connectivity index (χ3v) is 7.79. The lowest BCUT2D eigenvalue weighted by Gasteiger charge is -2.42. The zero-order valence-corrected chi connectivity index (χ0v) is 20.3. The van der Waals surface area contributed by atoms with Gasteiger partial charge >= 0.3 is 6.03 Å². The normalized spacial score (nSPS) is 22.8. The maximum Gasteiger partial charge on any atom is 0.325 e. The van der Waals surface area contributed by atoms with Crippen LogP contribution in [0, 0.1) is 11.3 Å². The molecule has 1 saturated heterocycles. The first-order chi connectivity index (χ1) is 16.2. The molecule has 1 saturated carbocycles. The van der Waals surface area contributed by atoms with E-state index >= 15 is 0 Å². The van der Waals surface area contributed by atoms with E-state index in [1.54, 1.807) is 6.20 Å². The van der Waals surface area contributed by atoms with Gasteiger partial charge in [0.05, 0.1) is 6.54 Å². The molecule has 2 fully saturated rings. The molecule has 0 radical (unpaired) electrons. The van der Waals surface area contributed by atoms with Crippen molar-refractivity contribution in [2.45, 2.75) is 71.5 Å². The molecular weight excluding hydrogens is 430 g/mol. The fourth-order valence-corrected chi connectivity index (χ4v) is 5.16. The number of imide groups is 1. The molecule has 8 nitrogen and oxygen atoms in total. The summed E-state index contributed by atoms with van der Waals surface area (Å²) in [7, 11) is 0. The van der Waals surface area contributed by atoms with Crippen LogP contribution in [0.5, 0.6) is 0 Å². The summed E-state index contributed by atoms with van der Waals surface area (Å²) in [6.07, 6.45) is 7.80. The van der Waals surface area contributed by atoms with Crippen molar-refractivity contribution < 1.29 is 14.4 Å². The molecule has 0 unspecified atom stereocenters. The summed E-state index contributed by atoms with van der Waals surface area (Å²) in [5, 5.41) is 9.97. The molecule has 2 N–H and O–H groups in total. The highest BCUT2D eigenvalue weighted by Crippen LogP contribution is 2.45. The Hall–Kier alpha value is -3.16. The van der Waals surface area contributed by atoms with Crippen LogP contribution >= 0.6 is 0 Å². The molecule has 1 aromatic heterocycles. The Kier molecular flexibility index (Phi) is 6.77. The summed E-state index contributed by atoms with van der Waals surface area (Å²) in [5.74, 6) is -0.0744. The summed E-state index contributed by atoms with van der Waals surface area (Å²) in [6.45, 7) is 7.46. The highest BCUT2D eigenvalue weighted by Gasteiger charge is 2.53. The summed E-state index contributed by atoms with van der Waals surface area (Å²) in [4.78, 5) is 39.5. The molecule has 2 aliphatic rings. The molecule has 0 bridgehead atoms. The van der Waals surface area contributed by atoms with E-state index in [9.17, 15) is 14.4 Å². The first-order valence-electron chi connectivity index (χ1n) is 12.2. The van der Waals surface area contributed by atoms with E-state index in [0.29, 0.717) is 31.8 Å². The van der Waals surface area contributed by atoms with Gasteiger partial charge in [-0.15, -0.1) is 0 Å². The number of hydrogen-bond donors (Lipinski definition) is 2. The number of urea groups is 1. The topological polar surface area (TPSA) is 96.3 Å². The van der Waals surface area contributed by atoms with Crippen LogP contribution in [-0.2, 0) is 22.7 Å². The minimum atomic E-state index is -0.849. The third kappa shape index (κ3) is 5.00. The average Bonchev–Trinajstić information content (AvgIpc) is 3.41. The van der Waals surface area contributed by atoms with Crippen molar-refractivity contribution in [1.29, 1.82) is 0 Å². The predicted octanol–water partition coefficient (Wildman–Crippen LogP) is 3.46. The number of nitrogens with one attached hydrogen (secondary N) is 2. The van der Waals surface area contributed by atoms with E-state index in [0.717, 1.165) is 35.3 Å². The standard InChI is InChI=1S/C26H35N5O3/c1-4-25(2,3)21-9-11-26(12-10-21)23(33)31(24(34)29-26)18-22(32)27-16-19-7-5-8-20(15-19)17-30-14-6-13-28-30/h5-8,13-15,21H,4,9-12,16-18H2,1-3H3,(H,27,32)(H,29,34). The molecule has 1 aliphatic carbocycles.